The van der Waals surface area contributed by atoms with Gasteiger partial charge in [0.25, 0.3) is 5.91 Å². The van der Waals surface area contributed by atoms with Crippen LogP contribution in [0.1, 0.15) is 28.4 Å². The SMILES string of the molecule is CNC(=O)c1cccc(CNC(=O)C(Cc2c[nH]c3ccccc23)NC(C)=O)c1. The summed E-state index contributed by atoms with van der Waals surface area (Å²) in [4.78, 5) is 39.4. The van der Waals surface area contributed by atoms with Crippen molar-refractivity contribution in [3.05, 3.63) is 71.4 Å². The summed E-state index contributed by atoms with van der Waals surface area (Å²) in [6.45, 7) is 1.65. The molecule has 4 N–H and O–H groups in total. The molecule has 0 spiro atoms. The van der Waals surface area contributed by atoms with Gasteiger partial charge in [-0.2, -0.15) is 0 Å². The van der Waals surface area contributed by atoms with Gasteiger partial charge in [-0.1, -0.05) is 30.3 Å². The lowest BCUT2D eigenvalue weighted by atomic mass is 10.0. The molecule has 0 fully saturated rings. The quantitative estimate of drug-likeness (QED) is 0.494. The van der Waals surface area contributed by atoms with Gasteiger partial charge in [0.2, 0.25) is 11.8 Å². The number of benzene rings is 2. The Morgan fingerprint density at radius 1 is 1.07 bits per heavy atom. The van der Waals surface area contributed by atoms with E-state index in [1.807, 2.05) is 36.5 Å². The van der Waals surface area contributed by atoms with Gasteiger partial charge in [-0.3, -0.25) is 14.4 Å². The van der Waals surface area contributed by atoms with Crippen LogP contribution in [0.3, 0.4) is 0 Å². The van der Waals surface area contributed by atoms with E-state index in [2.05, 4.69) is 20.9 Å². The smallest absolute Gasteiger partial charge is 0.251 e. The second-order valence-corrected chi connectivity index (χ2v) is 6.81. The van der Waals surface area contributed by atoms with Gasteiger partial charge in [-0.25, -0.2) is 0 Å². The molecule has 2 aromatic carbocycles. The number of hydrogen-bond acceptors (Lipinski definition) is 3. The molecule has 7 nitrogen and oxygen atoms in total. The van der Waals surface area contributed by atoms with Crippen LogP contribution in [0.4, 0.5) is 0 Å². The predicted molar refractivity (Wildman–Crippen MR) is 111 cm³/mol. The maximum Gasteiger partial charge on any atom is 0.251 e. The third-order valence-electron chi connectivity index (χ3n) is 4.68. The van der Waals surface area contributed by atoms with Crippen molar-refractivity contribution in [2.45, 2.75) is 25.9 Å². The molecule has 0 aliphatic rings. The molecule has 0 aliphatic carbocycles. The van der Waals surface area contributed by atoms with Gasteiger partial charge in [0.05, 0.1) is 0 Å². The number of carbonyl (C=O) groups is 3. The largest absolute Gasteiger partial charge is 0.361 e. The van der Waals surface area contributed by atoms with Crippen LogP contribution < -0.4 is 16.0 Å². The average Bonchev–Trinajstić information content (AvgIpc) is 3.13. The van der Waals surface area contributed by atoms with E-state index in [0.29, 0.717) is 12.0 Å². The molecule has 0 saturated heterocycles. The van der Waals surface area contributed by atoms with Crippen LogP contribution in [0.2, 0.25) is 0 Å². The summed E-state index contributed by atoms with van der Waals surface area (Å²) in [5.74, 6) is -0.740. The zero-order valence-electron chi connectivity index (χ0n) is 16.4. The molecule has 3 rings (SSSR count). The minimum atomic E-state index is -0.700. The number of fused-ring (bicyclic) bond motifs is 1. The molecule has 0 saturated carbocycles. The number of para-hydroxylation sites is 1. The van der Waals surface area contributed by atoms with Crippen LogP contribution in [0.15, 0.2) is 54.7 Å². The van der Waals surface area contributed by atoms with E-state index in [4.69, 9.17) is 0 Å². The van der Waals surface area contributed by atoms with Gasteiger partial charge in [-0.15, -0.1) is 0 Å². The standard InChI is InChI=1S/C22H24N4O3/c1-14(27)26-20(11-17-13-24-19-9-4-3-8-18(17)19)22(29)25-12-15-6-5-7-16(10-15)21(28)23-2/h3-10,13,20,24H,11-12H2,1-2H3,(H,23,28)(H,25,29)(H,26,27). The van der Waals surface area contributed by atoms with Crippen molar-refractivity contribution in [2.24, 2.45) is 0 Å². The second kappa shape index (κ2) is 9.05. The molecular weight excluding hydrogens is 368 g/mol. The third kappa shape index (κ3) is 5.01. The van der Waals surface area contributed by atoms with E-state index >= 15 is 0 Å². The van der Waals surface area contributed by atoms with Crippen molar-refractivity contribution in [1.29, 1.82) is 0 Å². The van der Waals surface area contributed by atoms with Gasteiger partial charge < -0.3 is 20.9 Å². The molecule has 150 valence electrons. The number of amides is 3. The van der Waals surface area contributed by atoms with Gasteiger partial charge >= 0.3 is 0 Å². The Kier molecular flexibility index (Phi) is 6.29. The Morgan fingerprint density at radius 2 is 1.86 bits per heavy atom. The number of rotatable bonds is 7. The van der Waals surface area contributed by atoms with Crippen LogP contribution in [-0.2, 0) is 22.6 Å². The first-order valence-corrected chi connectivity index (χ1v) is 9.38. The molecule has 0 bridgehead atoms. The molecule has 1 aromatic heterocycles. The normalized spacial score (nSPS) is 11.7. The first-order chi connectivity index (χ1) is 14.0. The Morgan fingerprint density at radius 3 is 2.62 bits per heavy atom. The van der Waals surface area contributed by atoms with Crippen LogP contribution in [0.25, 0.3) is 10.9 Å². The summed E-state index contributed by atoms with van der Waals surface area (Å²) < 4.78 is 0. The highest BCUT2D eigenvalue weighted by molar-refractivity contribution is 5.94. The number of aromatic amines is 1. The molecule has 1 atom stereocenters. The fourth-order valence-electron chi connectivity index (χ4n) is 3.25. The van der Waals surface area contributed by atoms with E-state index in [9.17, 15) is 14.4 Å². The number of nitrogens with one attached hydrogen (secondary N) is 4. The Balaban J connectivity index is 1.71. The van der Waals surface area contributed by atoms with E-state index in [1.54, 1.807) is 25.2 Å². The maximum absolute atomic E-state index is 12.8. The summed E-state index contributed by atoms with van der Waals surface area (Å²) in [5.41, 5.74) is 3.26. The lowest BCUT2D eigenvalue weighted by molar-refractivity contribution is -0.128. The van der Waals surface area contributed by atoms with Crippen LogP contribution in [0.5, 0.6) is 0 Å². The summed E-state index contributed by atoms with van der Waals surface area (Å²) in [6.07, 6.45) is 2.23. The fourth-order valence-corrected chi connectivity index (χ4v) is 3.25. The summed E-state index contributed by atoms with van der Waals surface area (Å²) in [7, 11) is 1.57. The average molecular weight is 392 g/mol. The van der Waals surface area contributed by atoms with Crippen molar-refractivity contribution >= 4 is 28.6 Å². The first kappa shape index (κ1) is 20.1. The molecule has 3 aromatic rings. The second-order valence-electron chi connectivity index (χ2n) is 6.81. The predicted octanol–water partition coefficient (Wildman–Crippen LogP) is 1.89. The minimum Gasteiger partial charge on any atom is -0.361 e. The first-order valence-electron chi connectivity index (χ1n) is 9.38. The van der Waals surface area contributed by atoms with Gasteiger partial charge in [0, 0.05) is 49.6 Å². The summed E-state index contributed by atoms with van der Waals surface area (Å²) in [5, 5.41) is 9.18. The molecule has 29 heavy (non-hydrogen) atoms. The van der Waals surface area contributed by atoms with Gasteiger partial charge in [-0.05, 0) is 29.3 Å². The Bertz CT molecular complexity index is 1040. The van der Waals surface area contributed by atoms with Crippen LogP contribution in [0, 0.1) is 0 Å². The highest BCUT2D eigenvalue weighted by atomic mass is 16.2. The molecule has 0 radical (unpaired) electrons. The zero-order chi connectivity index (χ0) is 20.8. The third-order valence-corrected chi connectivity index (χ3v) is 4.68. The van der Waals surface area contributed by atoms with E-state index in [0.717, 1.165) is 22.0 Å². The van der Waals surface area contributed by atoms with Gasteiger partial charge in [0.1, 0.15) is 6.04 Å². The van der Waals surface area contributed by atoms with E-state index in [1.165, 1.54) is 6.92 Å². The maximum atomic E-state index is 12.8. The number of hydrogen-bond donors (Lipinski definition) is 4. The van der Waals surface area contributed by atoms with Crippen LogP contribution >= 0.6 is 0 Å². The number of aromatic nitrogens is 1. The van der Waals surface area contributed by atoms with Crippen molar-refractivity contribution in [3.8, 4) is 0 Å². The highest BCUT2D eigenvalue weighted by Gasteiger charge is 2.21. The van der Waals surface area contributed by atoms with Crippen molar-refractivity contribution in [2.75, 3.05) is 7.05 Å². The lowest BCUT2D eigenvalue weighted by Crippen LogP contribution is -2.47. The monoisotopic (exact) mass is 392 g/mol. The fraction of sp³-hybridized carbons (Fsp3) is 0.227. The molecule has 7 heteroatoms. The highest BCUT2D eigenvalue weighted by Crippen LogP contribution is 2.19. The topological polar surface area (TPSA) is 103 Å². The minimum absolute atomic E-state index is 0.186. The van der Waals surface area contributed by atoms with Crippen molar-refractivity contribution in [3.63, 3.8) is 0 Å². The molecule has 1 heterocycles. The number of carbonyl (C=O) groups excluding carboxylic acids is 3. The summed E-state index contributed by atoms with van der Waals surface area (Å²) >= 11 is 0. The van der Waals surface area contributed by atoms with Crippen molar-refractivity contribution < 1.29 is 14.4 Å². The number of H-pyrrole nitrogens is 1. The van der Waals surface area contributed by atoms with E-state index in [-0.39, 0.29) is 24.3 Å². The molecule has 3 amide bonds. The van der Waals surface area contributed by atoms with Crippen LogP contribution in [-0.4, -0.2) is 35.8 Å². The van der Waals surface area contributed by atoms with Gasteiger partial charge in [0.15, 0.2) is 0 Å². The summed E-state index contributed by atoms with van der Waals surface area (Å²) in [6, 6.07) is 14.2. The lowest BCUT2D eigenvalue weighted by Gasteiger charge is -2.17. The molecular formula is C22H24N4O3. The molecule has 1 unspecified atom stereocenters. The van der Waals surface area contributed by atoms with E-state index < -0.39 is 6.04 Å². The van der Waals surface area contributed by atoms with Crippen molar-refractivity contribution in [1.82, 2.24) is 20.9 Å². The zero-order valence-corrected chi connectivity index (χ0v) is 16.4. The Labute approximate surface area is 168 Å². The molecule has 0 aliphatic heterocycles. The Hall–Kier alpha value is -3.61.